The molecule has 2 aromatic carbocycles. The first-order valence-corrected chi connectivity index (χ1v) is 13.0. The summed E-state index contributed by atoms with van der Waals surface area (Å²) in [5.74, 6) is 2.18. The second kappa shape index (κ2) is 10.1. The third-order valence-corrected chi connectivity index (χ3v) is 7.12. The van der Waals surface area contributed by atoms with Gasteiger partial charge in [0.15, 0.2) is 35.4 Å². The highest BCUT2D eigenvalue weighted by molar-refractivity contribution is 6.00. The van der Waals surface area contributed by atoms with E-state index in [1.165, 1.54) is 0 Å². The van der Waals surface area contributed by atoms with E-state index in [1.54, 1.807) is 31.3 Å². The molecule has 6 rings (SSSR count). The van der Waals surface area contributed by atoms with Crippen LogP contribution in [0, 0.1) is 5.41 Å². The smallest absolute Gasteiger partial charge is 0.228 e. The zero-order valence-corrected chi connectivity index (χ0v) is 22.7. The molecule has 1 aliphatic heterocycles. The Bertz CT molecular complexity index is 1660. The normalized spacial score (nSPS) is 17.9. The predicted molar refractivity (Wildman–Crippen MR) is 147 cm³/mol. The average Bonchev–Trinajstić information content (AvgIpc) is 3.37. The Balaban J connectivity index is 1.43. The fourth-order valence-corrected chi connectivity index (χ4v) is 5.35. The first-order valence-electron chi connectivity index (χ1n) is 13.0. The maximum atomic E-state index is 13.7. The zero-order valence-electron chi connectivity index (χ0n) is 22.7. The van der Waals surface area contributed by atoms with Crippen LogP contribution >= 0.6 is 0 Å². The van der Waals surface area contributed by atoms with Gasteiger partial charge < -0.3 is 19.0 Å². The number of ketones is 1. The molecule has 1 atom stereocenters. The number of methoxy groups -OCH3 is 2. The number of carbonyl (C=O) groups excluding carboxylic acids is 1. The van der Waals surface area contributed by atoms with Gasteiger partial charge in [0.25, 0.3) is 0 Å². The van der Waals surface area contributed by atoms with Crippen LogP contribution < -0.4 is 14.2 Å². The number of rotatable bonds is 7. The molecular weight excluding hydrogens is 510 g/mol. The third-order valence-electron chi connectivity index (χ3n) is 7.12. The number of oxime groups is 1. The molecule has 204 valence electrons. The van der Waals surface area contributed by atoms with Crippen LogP contribution in [-0.4, -0.2) is 45.8 Å². The lowest BCUT2D eigenvalue weighted by atomic mass is 9.70. The van der Waals surface area contributed by atoms with Crippen LogP contribution in [0.15, 0.2) is 71.3 Å². The molecule has 0 radical (unpaired) electrons. The van der Waals surface area contributed by atoms with E-state index >= 15 is 0 Å². The first-order chi connectivity index (χ1) is 19.4. The van der Waals surface area contributed by atoms with Gasteiger partial charge in [-0.25, -0.2) is 14.5 Å². The molecule has 0 unspecified atom stereocenters. The van der Waals surface area contributed by atoms with E-state index in [-0.39, 0.29) is 17.8 Å². The van der Waals surface area contributed by atoms with Crippen molar-refractivity contribution in [2.75, 3.05) is 14.2 Å². The van der Waals surface area contributed by atoms with Crippen molar-refractivity contribution in [1.82, 2.24) is 19.6 Å². The Labute approximate surface area is 231 Å². The van der Waals surface area contributed by atoms with Crippen LogP contribution in [0.3, 0.4) is 0 Å². The minimum atomic E-state index is -0.479. The van der Waals surface area contributed by atoms with Crippen LogP contribution in [0.4, 0.5) is 0 Å². The second-order valence-corrected chi connectivity index (χ2v) is 10.6. The van der Waals surface area contributed by atoms with E-state index in [9.17, 15) is 4.79 Å². The summed E-state index contributed by atoms with van der Waals surface area (Å²) < 4.78 is 19.0. The van der Waals surface area contributed by atoms with Crippen molar-refractivity contribution in [3.63, 3.8) is 0 Å². The van der Waals surface area contributed by atoms with E-state index in [0.717, 1.165) is 11.1 Å². The number of ether oxygens (including phenoxy) is 3. The maximum Gasteiger partial charge on any atom is 0.228 e. The van der Waals surface area contributed by atoms with E-state index in [4.69, 9.17) is 24.0 Å². The summed E-state index contributed by atoms with van der Waals surface area (Å²) in [6.07, 6.45) is 4.22. The van der Waals surface area contributed by atoms with Crippen LogP contribution in [0.25, 0.3) is 5.65 Å². The SMILES string of the molecule is COc1ccc([C@H]2C3=C(CC(C)(C)CC3=O)Oc3ncn4nc(CO/N=C\c5ccccc5)nc4c32)cc1OC. The summed E-state index contributed by atoms with van der Waals surface area (Å²) in [6.45, 7) is 4.20. The van der Waals surface area contributed by atoms with Crippen molar-refractivity contribution in [2.45, 2.75) is 39.2 Å². The standard InChI is InChI=1S/C30H29N5O5/c1-30(2)13-20(36)26-23(14-30)40-29-27(25(26)19-10-11-21(37-3)22(12-19)38-4)28-33-24(34-35(28)17-31-29)16-39-32-15-18-8-6-5-7-9-18/h5-12,15,17,25H,13-14,16H2,1-4H3/b32-15-/t25-/m0/s1. The molecule has 0 fully saturated rings. The Morgan fingerprint density at radius 3 is 2.67 bits per heavy atom. The Kier molecular flexibility index (Phi) is 6.45. The molecule has 0 saturated heterocycles. The van der Waals surface area contributed by atoms with Crippen LogP contribution in [-0.2, 0) is 16.2 Å². The van der Waals surface area contributed by atoms with Crippen LogP contribution in [0.5, 0.6) is 17.4 Å². The van der Waals surface area contributed by atoms with Gasteiger partial charge in [-0.3, -0.25) is 4.79 Å². The molecule has 3 heterocycles. The molecule has 0 bridgehead atoms. The minimum absolute atomic E-state index is 0.0389. The zero-order chi connectivity index (χ0) is 27.9. The summed E-state index contributed by atoms with van der Waals surface area (Å²) >= 11 is 0. The van der Waals surface area contributed by atoms with Crippen molar-refractivity contribution < 1.29 is 23.8 Å². The van der Waals surface area contributed by atoms with Crippen LogP contribution in [0.1, 0.15) is 55.1 Å². The highest BCUT2D eigenvalue weighted by atomic mass is 16.6. The quantitative estimate of drug-likeness (QED) is 0.242. The lowest BCUT2D eigenvalue weighted by Crippen LogP contribution is -2.33. The van der Waals surface area contributed by atoms with Gasteiger partial charge in [-0.05, 0) is 28.7 Å². The highest BCUT2D eigenvalue weighted by Gasteiger charge is 2.44. The van der Waals surface area contributed by atoms with Crippen molar-refractivity contribution in [1.29, 1.82) is 0 Å². The maximum absolute atomic E-state index is 13.7. The van der Waals surface area contributed by atoms with E-state index in [1.807, 2.05) is 48.5 Å². The fourth-order valence-electron chi connectivity index (χ4n) is 5.35. The molecule has 0 saturated carbocycles. The summed E-state index contributed by atoms with van der Waals surface area (Å²) in [6, 6.07) is 15.3. The molecule has 0 spiro atoms. The van der Waals surface area contributed by atoms with Gasteiger partial charge >= 0.3 is 0 Å². The van der Waals surface area contributed by atoms with Crippen molar-refractivity contribution in [3.05, 3.63) is 88.7 Å². The summed E-state index contributed by atoms with van der Waals surface area (Å²) in [5, 5.41) is 8.58. The third kappa shape index (κ3) is 4.66. The summed E-state index contributed by atoms with van der Waals surface area (Å²) in [4.78, 5) is 28.5. The molecule has 10 nitrogen and oxygen atoms in total. The molecule has 10 heteroatoms. The number of nitrogens with zero attached hydrogens (tertiary/aromatic N) is 5. The van der Waals surface area contributed by atoms with E-state index in [2.05, 4.69) is 29.1 Å². The molecule has 1 aliphatic carbocycles. The van der Waals surface area contributed by atoms with Gasteiger partial charge in [-0.15, -0.1) is 5.10 Å². The largest absolute Gasteiger partial charge is 0.493 e. The molecular formula is C30H29N5O5. The monoisotopic (exact) mass is 539 g/mol. The topological polar surface area (TPSA) is 109 Å². The minimum Gasteiger partial charge on any atom is -0.493 e. The number of aromatic nitrogens is 4. The number of benzene rings is 2. The summed E-state index contributed by atoms with van der Waals surface area (Å²) in [5.41, 5.74) is 3.34. The highest BCUT2D eigenvalue weighted by Crippen LogP contribution is 2.51. The molecule has 0 N–H and O–H groups in total. The van der Waals surface area contributed by atoms with Gasteiger partial charge in [0.05, 0.1) is 31.9 Å². The number of fused-ring (bicyclic) bond motifs is 3. The number of hydrogen-bond acceptors (Lipinski definition) is 9. The van der Waals surface area contributed by atoms with E-state index < -0.39 is 5.92 Å². The van der Waals surface area contributed by atoms with Crippen LogP contribution in [0.2, 0.25) is 0 Å². The Morgan fingerprint density at radius 1 is 1.10 bits per heavy atom. The Hall–Kier alpha value is -4.73. The van der Waals surface area contributed by atoms with Crippen molar-refractivity contribution in [3.8, 4) is 17.4 Å². The van der Waals surface area contributed by atoms with Gasteiger partial charge in [-0.1, -0.05) is 55.4 Å². The van der Waals surface area contributed by atoms with Gasteiger partial charge in [0.1, 0.15) is 12.1 Å². The van der Waals surface area contributed by atoms with Crippen molar-refractivity contribution in [2.24, 2.45) is 10.6 Å². The Morgan fingerprint density at radius 2 is 1.90 bits per heavy atom. The van der Waals surface area contributed by atoms with Crippen molar-refractivity contribution >= 4 is 17.6 Å². The first kappa shape index (κ1) is 25.5. The van der Waals surface area contributed by atoms with Gasteiger partial charge in [0, 0.05) is 18.4 Å². The lowest BCUT2D eigenvalue weighted by molar-refractivity contribution is -0.118. The molecule has 40 heavy (non-hydrogen) atoms. The fraction of sp³-hybridized carbons (Fsp3) is 0.300. The lowest BCUT2D eigenvalue weighted by Gasteiger charge is -2.37. The number of hydrogen-bond donors (Lipinski definition) is 0. The number of allylic oxidation sites excluding steroid dienone is 2. The molecule has 2 aliphatic rings. The van der Waals surface area contributed by atoms with Gasteiger partial charge in [0.2, 0.25) is 5.88 Å². The average molecular weight is 540 g/mol. The predicted octanol–water partition coefficient (Wildman–Crippen LogP) is 4.86. The van der Waals surface area contributed by atoms with E-state index in [0.29, 0.717) is 58.6 Å². The molecule has 2 aromatic heterocycles. The molecule has 4 aromatic rings. The molecule has 0 amide bonds. The number of carbonyl (C=O) groups is 1. The van der Waals surface area contributed by atoms with Gasteiger partial charge in [-0.2, -0.15) is 0 Å². The summed E-state index contributed by atoms with van der Waals surface area (Å²) in [7, 11) is 3.18. The number of Topliss-reactive ketones (excluding diaryl/α,β-unsaturated/α-hetero) is 1. The second-order valence-electron chi connectivity index (χ2n) is 10.6.